The SMILES string of the molecule is C/C=N\N1C(N2CCNCC2)=Nc2ccc(Br)c(F)c2C1=C(C)CC. The molecule has 25 heavy (non-hydrogen) atoms. The van der Waals surface area contributed by atoms with Crippen molar-refractivity contribution >= 4 is 39.5 Å². The summed E-state index contributed by atoms with van der Waals surface area (Å²) in [6, 6.07) is 3.57. The number of fused-ring (bicyclic) bond motifs is 1. The van der Waals surface area contributed by atoms with Gasteiger partial charge in [-0.3, -0.25) is 0 Å². The van der Waals surface area contributed by atoms with Crippen LogP contribution in [0.5, 0.6) is 0 Å². The number of piperazine rings is 1. The molecule has 1 saturated heterocycles. The molecule has 0 amide bonds. The number of rotatable bonds is 2. The zero-order valence-electron chi connectivity index (χ0n) is 14.8. The molecular weight excluding hydrogens is 385 g/mol. The molecule has 1 N–H and O–H groups in total. The largest absolute Gasteiger partial charge is 0.338 e. The Morgan fingerprint density at radius 2 is 2.12 bits per heavy atom. The average molecular weight is 408 g/mol. The van der Waals surface area contributed by atoms with Gasteiger partial charge in [0, 0.05) is 32.4 Å². The van der Waals surface area contributed by atoms with Crippen LogP contribution in [0.1, 0.15) is 32.8 Å². The van der Waals surface area contributed by atoms with E-state index in [1.807, 2.05) is 19.9 Å². The van der Waals surface area contributed by atoms with Gasteiger partial charge in [0.1, 0.15) is 5.82 Å². The van der Waals surface area contributed by atoms with Crippen molar-refractivity contribution in [3.05, 3.63) is 33.6 Å². The minimum atomic E-state index is -0.292. The maximum atomic E-state index is 15.0. The lowest BCUT2D eigenvalue weighted by molar-refractivity contribution is 0.322. The van der Waals surface area contributed by atoms with Gasteiger partial charge in [-0.2, -0.15) is 5.10 Å². The first-order chi connectivity index (χ1) is 12.1. The van der Waals surface area contributed by atoms with E-state index in [0.717, 1.165) is 49.8 Å². The van der Waals surface area contributed by atoms with Crippen molar-refractivity contribution in [1.29, 1.82) is 0 Å². The third-order valence-electron chi connectivity index (χ3n) is 4.50. The van der Waals surface area contributed by atoms with Crippen molar-refractivity contribution in [2.45, 2.75) is 27.2 Å². The monoisotopic (exact) mass is 407 g/mol. The number of benzene rings is 1. The first-order valence-corrected chi connectivity index (χ1v) is 9.39. The van der Waals surface area contributed by atoms with E-state index in [-0.39, 0.29) is 5.82 Å². The molecule has 0 radical (unpaired) electrons. The fourth-order valence-electron chi connectivity index (χ4n) is 3.08. The predicted octanol–water partition coefficient (Wildman–Crippen LogP) is 3.94. The first kappa shape index (κ1) is 18.1. The van der Waals surface area contributed by atoms with E-state index >= 15 is 0 Å². The lowest BCUT2D eigenvalue weighted by Gasteiger charge is -2.38. The maximum absolute atomic E-state index is 15.0. The van der Waals surface area contributed by atoms with Crippen molar-refractivity contribution in [2.75, 3.05) is 26.2 Å². The molecule has 0 aromatic heterocycles. The third kappa shape index (κ3) is 3.35. The number of nitrogens with zero attached hydrogens (tertiary/aromatic N) is 4. The molecular formula is C18H23BrFN5. The number of aliphatic imine (C=N–C) groups is 1. The van der Waals surface area contributed by atoms with Gasteiger partial charge < -0.3 is 10.2 Å². The van der Waals surface area contributed by atoms with Crippen LogP contribution in [-0.2, 0) is 0 Å². The number of nitrogens with one attached hydrogen (secondary N) is 1. The Morgan fingerprint density at radius 1 is 1.40 bits per heavy atom. The summed E-state index contributed by atoms with van der Waals surface area (Å²) in [7, 11) is 0. The molecule has 1 fully saturated rings. The molecule has 0 bridgehead atoms. The molecule has 0 unspecified atom stereocenters. The summed E-state index contributed by atoms with van der Waals surface area (Å²) in [5, 5.41) is 9.68. The van der Waals surface area contributed by atoms with E-state index in [1.54, 1.807) is 17.3 Å². The van der Waals surface area contributed by atoms with Gasteiger partial charge in [-0.05, 0) is 53.9 Å². The number of hydrazone groups is 1. The third-order valence-corrected chi connectivity index (χ3v) is 5.11. The van der Waals surface area contributed by atoms with E-state index in [0.29, 0.717) is 15.7 Å². The van der Waals surface area contributed by atoms with Crippen LogP contribution in [0.25, 0.3) is 5.70 Å². The van der Waals surface area contributed by atoms with Crippen LogP contribution in [0.3, 0.4) is 0 Å². The van der Waals surface area contributed by atoms with Crippen molar-refractivity contribution in [1.82, 2.24) is 15.2 Å². The molecule has 0 atom stereocenters. The molecule has 7 heteroatoms. The minimum absolute atomic E-state index is 0.292. The van der Waals surface area contributed by atoms with Crippen LogP contribution < -0.4 is 5.32 Å². The number of halogens is 2. The highest BCUT2D eigenvalue weighted by atomic mass is 79.9. The topological polar surface area (TPSA) is 43.2 Å². The molecule has 2 heterocycles. The second kappa shape index (κ2) is 7.66. The standard InChI is InChI=1S/C18H23BrFN5/c1-4-12(3)17-15-14(7-6-13(19)16(15)20)23-18(25(17)22-5-2)24-10-8-21-9-11-24/h5-7,21H,4,8-11H2,1-3H3/b17-12?,22-5-. The quantitative estimate of drug-likeness (QED) is 0.754. The number of guanidine groups is 1. The summed E-state index contributed by atoms with van der Waals surface area (Å²) in [6.45, 7) is 9.45. The van der Waals surface area contributed by atoms with E-state index in [4.69, 9.17) is 4.99 Å². The number of hydrogen-bond acceptors (Lipinski definition) is 5. The second-order valence-corrected chi connectivity index (χ2v) is 6.93. The number of hydrogen-bond donors (Lipinski definition) is 1. The van der Waals surface area contributed by atoms with E-state index in [2.05, 4.69) is 38.2 Å². The summed E-state index contributed by atoms with van der Waals surface area (Å²) in [5.74, 6) is 0.469. The zero-order valence-corrected chi connectivity index (χ0v) is 16.4. The highest BCUT2D eigenvalue weighted by Gasteiger charge is 2.33. The minimum Gasteiger partial charge on any atom is -0.338 e. The van der Waals surface area contributed by atoms with Gasteiger partial charge in [0.25, 0.3) is 0 Å². The van der Waals surface area contributed by atoms with Crippen molar-refractivity contribution in [3.8, 4) is 0 Å². The molecule has 2 aliphatic heterocycles. The molecule has 1 aromatic rings. The molecule has 134 valence electrons. The highest BCUT2D eigenvalue weighted by molar-refractivity contribution is 9.10. The van der Waals surface area contributed by atoms with Gasteiger partial charge in [0.2, 0.25) is 5.96 Å². The van der Waals surface area contributed by atoms with Gasteiger partial charge in [0.15, 0.2) is 0 Å². The normalized spacial score (nSPS) is 20.0. The smallest absolute Gasteiger partial charge is 0.227 e. The second-order valence-electron chi connectivity index (χ2n) is 6.07. The Morgan fingerprint density at radius 3 is 2.76 bits per heavy atom. The molecule has 0 aliphatic carbocycles. The van der Waals surface area contributed by atoms with Gasteiger partial charge in [-0.25, -0.2) is 14.4 Å². The summed E-state index contributed by atoms with van der Waals surface area (Å²) >= 11 is 3.30. The Kier molecular flexibility index (Phi) is 5.54. The van der Waals surface area contributed by atoms with Crippen LogP contribution in [0.4, 0.5) is 10.1 Å². The molecule has 5 nitrogen and oxygen atoms in total. The highest BCUT2D eigenvalue weighted by Crippen LogP contribution is 2.41. The van der Waals surface area contributed by atoms with Crippen molar-refractivity contribution in [2.24, 2.45) is 10.1 Å². The van der Waals surface area contributed by atoms with Gasteiger partial charge in [-0.15, -0.1) is 0 Å². The van der Waals surface area contributed by atoms with Crippen LogP contribution in [0, 0.1) is 5.82 Å². The fourth-order valence-corrected chi connectivity index (χ4v) is 3.41. The summed E-state index contributed by atoms with van der Waals surface area (Å²) < 4.78 is 15.4. The van der Waals surface area contributed by atoms with E-state index in [1.165, 1.54) is 0 Å². The van der Waals surface area contributed by atoms with Gasteiger partial charge >= 0.3 is 0 Å². The van der Waals surface area contributed by atoms with Crippen LogP contribution in [0.2, 0.25) is 0 Å². The number of allylic oxidation sites excluding steroid dienone is 1. The maximum Gasteiger partial charge on any atom is 0.227 e. The van der Waals surface area contributed by atoms with E-state index in [9.17, 15) is 4.39 Å². The summed E-state index contributed by atoms with van der Waals surface area (Å²) in [6.07, 6.45) is 2.53. The predicted molar refractivity (Wildman–Crippen MR) is 105 cm³/mol. The fraction of sp³-hybridized carbons (Fsp3) is 0.444. The van der Waals surface area contributed by atoms with E-state index < -0.39 is 0 Å². The zero-order chi connectivity index (χ0) is 18.0. The lowest BCUT2D eigenvalue weighted by Crippen LogP contribution is -2.51. The van der Waals surface area contributed by atoms with Crippen LogP contribution in [-0.4, -0.2) is 48.3 Å². The Balaban J connectivity index is 2.24. The van der Waals surface area contributed by atoms with Crippen LogP contribution >= 0.6 is 15.9 Å². The summed E-state index contributed by atoms with van der Waals surface area (Å²) in [5.41, 5.74) is 3.03. The molecule has 1 aromatic carbocycles. The first-order valence-electron chi connectivity index (χ1n) is 8.59. The average Bonchev–Trinajstić information content (AvgIpc) is 2.64. The van der Waals surface area contributed by atoms with Gasteiger partial charge in [-0.1, -0.05) is 6.92 Å². The van der Waals surface area contributed by atoms with Gasteiger partial charge in [0.05, 0.1) is 21.4 Å². The molecule has 3 rings (SSSR count). The lowest BCUT2D eigenvalue weighted by atomic mass is 10.0. The summed E-state index contributed by atoms with van der Waals surface area (Å²) in [4.78, 5) is 6.97. The molecule has 0 spiro atoms. The molecule has 0 saturated carbocycles. The molecule has 2 aliphatic rings. The Hall–Kier alpha value is -1.73. The Bertz CT molecular complexity index is 750. The van der Waals surface area contributed by atoms with Crippen LogP contribution in [0.15, 0.2) is 32.3 Å². The van der Waals surface area contributed by atoms with Crippen molar-refractivity contribution in [3.63, 3.8) is 0 Å². The van der Waals surface area contributed by atoms with Crippen molar-refractivity contribution < 1.29 is 4.39 Å². The Labute approximate surface area is 156 Å².